The minimum Gasteiger partial charge on any atom is -0.344 e. The molecule has 0 radical (unpaired) electrons. The summed E-state index contributed by atoms with van der Waals surface area (Å²) in [5.74, 6) is -0.505. The lowest BCUT2D eigenvalue weighted by Crippen LogP contribution is -2.42. The second kappa shape index (κ2) is 8.55. The molecule has 7 nitrogen and oxygen atoms in total. The summed E-state index contributed by atoms with van der Waals surface area (Å²) in [5, 5.41) is 12.9. The number of nitrogens with zero attached hydrogens (tertiary/aromatic N) is 3. The van der Waals surface area contributed by atoms with Gasteiger partial charge in [-0.3, -0.25) is 9.59 Å². The zero-order valence-corrected chi connectivity index (χ0v) is 17.8. The predicted molar refractivity (Wildman–Crippen MR) is 122 cm³/mol. The van der Waals surface area contributed by atoms with E-state index in [0.717, 1.165) is 27.4 Å². The molecule has 0 aliphatic carbocycles. The first-order valence-electron chi connectivity index (χ1n) is 10.3. The average molecular weight is 415 g/mol. The van der Waals surface area contributed by atoms with Crippen molar-refractivity contribution in [2.24, 2.45) is 0 Å². The highest BCUT2D eigenvalue weighted by Crippen LogP contribution is 2.20. The number of amides is 2. The number of carbonyl (C=O) groups is 2. The normalized spacial score (nSPS) is 12.3. The Morgan fingerprint density at radius 1 is 1.00 bits per heavy atom. The molecule has 2 amide bonds. The second-order valence-electron chi connectivity index (χ2n) is 7.91. The number of pyridine rings is 1. The summed E-state index contributed by atoms with van der Waals surface area (Å²) in [7, 11) is 0. The average Bonchev–Trinajstić information content (AvgIpc) is 3.17. The van der Waals surface area contributed by atoms with Crippen molar-refractivity contribution in [2.45, 2.75) is 39.3 Å². The number of anilines is 1. The number of hydrogen-bond acceptors (Lipinski definition) is 4. The van der Waals surface area contributed by atoms with Crippen LogP contribution in [-0.2, 0) is 16.0 Å². The Bertz CT molecular complexity index is 1260. The number of hydrogen-bond donors (Lipinski definition) is 2. The standard InChI is InChI=1S/C24H25N5O2/c1-15(2)29-23-19(13-26-29)11-20(14-25-23)28-24(31)16(3)27-22(30)12-18-9-6-8-17-7-4-5-10-21(17)18/h4-11,13-16H,12H2,1-3H3,(H,27,30)(H,28,31)/t16-/m0/s1. The number of nitrogens with one attached hydrogen (secondary N) is 2. The molecule has 0 aliphatic rings. The number of rotatable bonds is 6. The summed E-state index contributed by atoms with van der Waals surface area (Å²) < 4.78 is 1.83. The van der Waals surface area contributed by atoms with Gasteiger partial charge in [0.2, 0.25) is 11.8 Å². The van der Waals surface area contributed by atoms with Gasteiger partial charge in [-0.1, -0.05) is 42.5 Å². The monoisotopic (exact) mass is 415 g/mol. The zero-order valence-electron chi connectivity index (χ0n) is 17.8. The van der Waals surface area contributed by atoms with E-state index in [9.17, 15) is 9.59 Å². The number of aromatic nitrogens is 3. The molecule has 0 saturated carbocycles. The molecule has 0 aliphatic heterocycles. The van der Waals surface area contributed by atoms with Crippen LogP contribution in [0.2, 0.25) is 0 Å². The van der Waals surface area contributed by atoms with Crippen LogP contribution in [0.5, 0.6) is 0 Å². The highest BCUT2D eigenvalue weighted by molar-refractivity contribution is 5.98. The van der Waals surface area contributed by atoms with Gasteiger partial charge in [0.05, 0.1) is 24.5 Å². The fourth-order valence-corrected chi connectivity index (χ4v) is 3.61. The maximum absolute atomic E-state index is 12.6. The first-order valence-corrected chi connectivity index (χ1v) is 10.3. The SMILES string of the molecule is CC(C)n1ncc2cc(NC(=O)[C@H](C)NC(=O)Cc3cccc4ccccc34)cnc21. The van der Waals surface area contributed by atoms with E-state index in [4.69, 9.17) is 0 Å². The molecular formula is C24H25N5O2. The molecular weight excluding hydrogens is 390 g/mol. The molecule has 1 atom stereocenters. The summed E-state index contributed by atoms with van der Waals surface area (Å²) in [6.45, 7) is 5.73. The van der Waals surface area contributed by atoms with Crippen LogP contribution < -0.4 is 10.6 Å². The van der Waals surface area contributed by atoms with Gasteiger partial charge in [0.15, 0.2) is 5.65 Å². The summed E-state index contributed by atoms with van der Waals surface area (Å²) in [6.07, 6.45) is 3.54. The van der Waals surface area contributed by atoms with Crippen molar-refractivity contribution in [2.75, 3.05) is 5.32 Å². The lowest BCUT2D eigenvalue weighted by atomic mass is 10.0. The van der Waals surface area contributed by atoms with Crippen LogP contribution in [0.4, 0.5) is 5.69 Å². The van der Waals surface area contributed by atoms with Crippen LogP contribution in [0.25, 0.3) is 21.8 Å². The quantitative estimate of drug-likeness (QED) is 0.501. The van der Waals surface area contributed by atoms with E-state index >= 15 is 0 Å². The van der Waals surface area contributed by atoms with Gasteiger partial charge in [-0.2, -0.15) is 5.10 Å². The highest BCUT2D eigenvalue weighted by Gasteiger charge is 2.17. The van der Waals surface area contributed by atoms with E-state index < -0.39 is 6.04 Å². The molecule has 0 unspecified atom stereocenters. The first-order chi connectivity index (χ1) is 14.9. The van der Waals surface area contributed by atoms with Crippen LogP contribution in [0, 0.1) is 0 Å². The first kappa shape index (κ1) is 20.5. The Hall–Kier alpha value is -3.74. The minimum absolute atomic E-state index is 0.197. The van der Waals surface area contributed by atoms with Crippen LogP contribution in [0.3, 0.4) is 0 Å². The van der Waals surface area contributed by atoms with E-state index in [1.54, 1.807) is 19.3 Å². The third kappa shape index (κ3) is 4.40. The Balaban J connectivity index is 1.40. The van der Waals surface area contributed by atoms with Crippen LogP contribution in [0.1, 0.15) is 32.4 Å². The maximum atomic E-state index is 12.6. The van der Waals surface area contributed by atoms with E-state index in [2.05, 4.69) is 20.7 Å². The molecule has 2 N–H and O–H groups in total. The molecule has 2 aromatic heterocycles. The van der Waals surface area contributed by atoms with Crippen molar-refractivity contribution in [3.8, 4) is 0 Å². The van der Waals surface area contributed by atoms with Gasteiger partial charge >= 0.3 is 0 Å². The third-order valence-corrected chi connectivity index (χ3v) is 5.19. The fourth-order valence-electron chi connectivity index (χ4n) is 3.61. The minimum atomic E-state index is -0.684. The Morgan fingerprint density at radius 3 is 2.58 bits per heavy atom. The molecule has 0 saturated heterocycles. The molecule has 7 heteroatoms. The van der Waals surface area contributed by atoms with Crippen molar-refractivity contribution < 1.29 is 9.59 Å². The molecule has 31 heavy (non-hydrogen) atoms. The second-order valence-corrected chi connectivity index (χ2v) is 7.91. The summed E-state index contributed by atoms with van der Waals surface area (Å²) >= 11 is 0. The maximum Gasteiger partial charge on any atom is 0.246 e. The van der Waals surface area contributed by atoms with Gasteiger partial charge in [-0.05, 0) is 43.2 Å². The molecule has 0 spiro atoms. The lowest BCUT2D eigenvalue weighted by Gasteiger charge is -2.15. The van der Waals surface area contributed by atoms with Crippen molar-refractivity contribution in [3.63, 3.8) is 0 Å². The molecule has 2 aromatic carbocycles. The smallest absolute Gasteiger partial charge is 0.246 e. The lowest BCUT2D eigenvalue weighted by molar-refractivity contribution is -0.125. The summed E-state index contributed by atoms with van der Waals surface area (Å²) in [6, 6.07) is 15.2. The number of fused-ring (bicyclic) bond motifs is 2. The van der Waals surface area contributed by atoms with Crippen molar-refractivity contribution in [3.05, 3.63) is 66.5 Å². The highest BCUT2D eigenvalue weighted by atomic mass is 16.2. The third-order valence-electron chi connectivity index (χ3n) is 5.19. The van der Waals surface area contributed by atoms with E-state index in [0.29, 0.717) is 5.69 Å². The fraction of sp³-hybridized carbons (Fsp3) is 0.250. The van der Waals surface area contributed by atoms with Crippen molar-refractivity contribution in [1.82, 2.24) is 20.1 Å². The van der Waals surface area contributed by atoms with Crippen molar-refractivity contribution in [1.29, 1.82) is 0 Å². The Morgan fingerprint density at radius 2 is 1.77 bits per heavy atom. The van der Waals surface area contributed by atoms with Gasteiger partial charge in [-0.25, -0.2) is 9.67 Å². The zero-order chi connectivity index (χ0) is 22.0. The van der Waals surface area contributed by atoms with Gasteiger partial charge in [0.25, 0.3) is 0 Å². The van der Waals surface area contributed by atoms with Gasteiger partial charge in [0, 0.05) is 11.4 Å². The largest absolute Gasteiger partial charge is 0.344 e. The van der Waals surface area contributed by atoms with Crippen molar-refractivity contribution >= 4 is 39.3 Å². The molecule has 4 rings (SSSR count). The van der Waals surface area contributed by atoms with E-state index in [1.807, 2.05) is 67.1 Å². The topological polar surface area (TPSA) is 88.9 Å². The summed E-state index contributed by atoms with van der Waals surface area (Å²) in [5.41, 5.74) is 2.26. The molecule has 4 aromatic rings. The number of benzene rings is 2. The molecule has 0 fully saturated rings. The van der Waals surface area contributed by atoms with Crippen LogP contribution >= 0.6 is 0 Å². The van der Waals surface area contributed by atoms with Crippen LogP contribution in [0.15, 0.2) is 60.9 Å². The van der Waals surface area contributed by atoms with Gasteiger partial charge < -0.3 is 10.6 Å². The molecule has 158 valence electrons. The van der Waals surface area contributed by atoms with Gasteiger partial charge in [0.1, 0.15) is 6.04 Å². The Labute approximate surface area is 180 Å². The van der Waals surface area contributed by atoms with Gasteiger partial charge in [-0.15, -0.1) is 0 Å². The summed E-state index contributed by atoms with van der Waals surface area (Å²) in [4.78, 5) is 29.6. The predicted octanol–water partition coefficient (Wildman–Crippen LogP) is 3.85. The Kier molecular flexibility index (Phi) is 5.66. The molecule has 2 heterocycles. The molecule has 0 bridgehead atoms. The van der Waals surface area contributed by atoms with E-state index in [-0.39, 0.29) is 24.3 Å². The van der Waals surface area contributed by atoms with E-state index in [1.165, 1.54) is 0 Å². The number of carbonyl (C=O) groups excluding carboxylic acids is 2. The van der Waals surface area contributed by atoms with Crippen LogP contribution in [-0.4, -0.2) is 32.6 Å².